The average Bonchev–Trinajstić information content (AvgIpc) is 2.28. The molecule has 2 unspecified atom stereocenters. The smallest absolute Gasteiger partial charge is 0.304 e. The summed E-state index contributed by atoms with van der Waals surface area (Å²) in [5.41, 5.74) is 1.26. The van der Waals surface area contributed by atoms with E-state index in [1.54, 1.807) is 0 Å². The van der Waals surface area contributed by atoms with Crippen molar-refractivity contribution in [2.75, 3.05) is 20.1 Å². The van der Waals surface area contributed by atoms with E-state index in [9.17, 15) is 9.90 Å². The van der Waals surface area contributed by atoms with Crippen LogP contribution in [0.2, 0.25) is 0 Å². The Kier molecular flexibility index (Phi) is 8.39. The number of nitrogens with zero attached hydrogens (tertiary/aromatic N) is 1. The van der Waals surface area contributed by atoms with Crippen molar-refractivity contribution in [1.82, 2.24) is 4.90 Å². The molecule has 0 aliphatic rings. The quantitative estimate of drug-likeness (QED) is 0.642. The van der Waals surface area contributed by atoms with Crippen molar-refractivity contribution in [3.05, 3.63) is 35.9 Å². The molecule has 1 rings (SSSR count). The standard InChI is InChI=1S/C14H21NO3.ClH/c1-11(13-7-5-4-6-8-13)9-15(3)10-14(17)18-12(2)16;/h4-8,11,14,17H,9-10H2,1-3H3;1H. The molecule has 1 aromatic rings. The highest BCUT2D eigenvalue weighted by Gasteiger charge is 2.13. The van der Waals surface area contributed by atoms with E-state index in [1.165, 1.54) is 12.5 Å². The molecule has 0 heterocycles. The molecule has 0 spiro atoms. The molecule has 4 nitrogen and oxygen atoms in total. The lowest BCUT2D eigenvalue weighted by Gasteiger charge is -2.23. The number of esters is 1. The number of carbonyl (C=O) groups is 1. The molecule has 0 amide bonds. The van der Waals surface area contributed by atoms with E-state index < -0.39 is 12.3 Å². The summed E-state index contributed by atoms with van der Waals surface area (Å²) in [6.07, 6.45) is -1.06. The number of halogens is 1. The highest BCUT2D eigenvalue weighted by Crippen LogP contribution is 2.15. The Balaban J connectivity index is 0.00000324. The lowest BCUT2D eigenvalue weighted by molar-refractivity contribution is -0.167. The van der Waals surface area contributed by atoms with Crippen LogP contribution in [0.25, 0.3) is 0 Å². The second-order valence-electron chi connectivity index (χ2n) is 4.60. The first kappa shape index (κ1) is 17.9. The van der Waals surface area contributed by atoms with Gasteiger partial charge in [-0.25, -0.2) is 0 Å². The van der Waals surface area contributed by atoms with Crippen molar-refractivity contribution in [3.63, 3.8) is 0 Å². The molecule has 1 aromatic carbocycles. The Morgan fingerprint density at radius 1 is 1.32 bits per heavy atom. The van der Waals surface area contributed by atoms with Gasteiger partial charge in [0, 0.05) is 13.5 Å². The van der Waals surface area contributed by atoms with Crippen LogP contribution in [0.1, 0.15) is 25.3 Å². The molecule has 0 bridgehead atoms. The lowest BCUT2D eigenvalue weighted by Crippen LogP contribution is -2.34. The van der Waals surface area contributed by atoms with Crippen molar-refractivity contribution in [2.45, 2.75) is 26.1 Å². The number of benzene rings is 1. The number of ether oxygens (including phenoxy) is 1. The fourth-order valence-electron chi connectivity index (χ4n) is 1.92. The van der Waals surface area contributed by atoms with Crippen LogP contribution in [0, 0.1) is 0 Å². The van der Waals surface area contributed by atoms with Crippen LogP contribution in [0.5, 0.6) is 0 Å². The molecule has 0 aliphatic carbocycles. The molecular weight excluding hydrogens is 266 g/mol. The zero-order chi connectivity index (χ0) is 13.5. The molecule has 0 aliphatic heterocycles. The zero-order valence-corrected chi connectivity index (χ0v) is 12.4. The number of likely N-dealkylation sites (N-methyl/N-ethyl adjacent to an activating group) is 1. The second-order valence-corrected chi connectivity index (χ2v) is 4.60. The fourth-order valence-corrected chi connectivity index (χ4v) is 1.92. The SMILES string of the molecule is CC(=O)OC(O)CN(C)CC(C)c1ccccc1.Cl. The Labute approximate surface area is 120 Å². The third-order valence-corrected chi connectivity index (χ3v) is 2.72. The number of rotatable bonds is 6. The van der Waals surface area contributed by atoms with Crippen LogP contribution < -0.4 is 0 Å². The zero-order valence-electron chi connectivity index (χ0n) is 11.6. The first-order valence-electron chi connectivity index (χ1n) is 6.08. The molecular formula is C14H22ClNO3. The first-order valence-corrected chi connectivity index (χ1v) is 6.08. The number of hydrogen-bond donors (Lipinski definition) is 1. The van der Waals surface area contributed by atoms with Gasteiger partial charge < -0.3 is 9.84 Å². The maximum absolute atomic E-state index is 10.7. The fraction of sp³-hybridized carbons (Fsp3) is 0.500. The number of hydrogen-bond acceptors (Lipinski definition) is 4. The molecule has 19 heavy (non-hydrogen) atoms. The van der Waals surface area contributed by atoms with Crippen molar-refractivity contribution in [2.24, 2.45) is 0 Å². The van der Waals surface area contributed by atoms with E-state index in [0.717, 1.165) is 6.54 Å². The van der Waals surface area contributed by atoms with Gasteiger partial charge in [-0.15, -0.1) is 12.4 Å². The third kappa shape index (κ3) is 7.15. The van der Waals surface area contributed by atoms with Crippen LogP contribution in [0.3, 0.4) is 0 Å². The van der Waals surface area contributed by atoms with Gasteiger partial charge in [0.1, 0.15) is 0 Å². The van der Waals surface area contributed by atoms with Crippen LogP contribution in [-0.4, -0.2) is 42.4 Å². The van der Waals surface area contributed by atoms with Crippen LogP contribution in [0.15, 0.2) is 30.3 Å². The minimum Gasteiger partial charge on any atom is -0.435 e. The van der Waals surface area contributed by atoms with Gasteiger partial charge in [-0.2, -0.15) is 0 Å². The summed E-state index contributed by atoms with van der Waals surface area (Å²) in [5.74, 6) is -0.104. The Bertz CT molecular complexity index is 372. The van der Waals surface area contributed by atoms with E-state index in [2.05, 4.69) is 23.8 Å². The molecule has 0 radical (unpaired) electrons. The lowest BCUT2D eigenvalue weighted by atomic mass is 10.0. The predicted molar refractivity (Wildman–Crippen MR) is 77.4 cm³/mol. The highest BCUT2D eigenvalue weighted by molar-refractivity contribution is 5.85. The van der Waals surface area contributed by atoms with Crippen LogP contribution in [-0.2, 0) is 9.53 Å². The van der Waals surface area contributed by atoms with Gasteiger partial charge in [0.15, 0.2) is 0 Å². The van der Waals surface area contributed by atoms with Gasteiger partial charge >= 0.3 is 5.97 Å². The molecule has 108 valence electrons. The predicted octanol–water partition coefficient (Wildman–Crippen LogP) is 2.03. The molecule has 5 heteroatoms. The van der Waals surface area contributed by atoms with E-state index in [1.807, 2.05) is 30.1 Å². The molecule has 0 saturated heterocycles. The Hall–Kier alpha value is -1.10. The third-order valence-electron chi connectivity index (χ3n) is 2.72. The maximum atomic E-state index is 10.7. The van der Waals surface area contributed by atoms with Gasteiger partial charge in [0.25, 0.3) is 0 Å². The van der Waals surface area contributed by atoms with Gasteiger partial charge in [-0.1, -0.05) is 37.3 Å². The number of aliphatic hydroxyl groups excluding tert-OH is 1. The molecule has 1 N–H and O–H groups in total. The monoisotopic (exact) mass is 287 g/mol. The average molecular weight is 288 g/mol. The highest BCUT2D eigenvalue weighted by atomic mass is 35.5. The minimum absolute atomic E-state index is 0. The molecule has 0 saturated carbocycles. The summed E-state index contributed by atoms with van der Waals surface area (Å²) in [7, 11) is 1.89. The van der Waals surface area contributed by atoms with E-state index in [-0.39, 0.29) is 12.4 Å². The van der Waals surface area contributed by atoms with Crippen LogP contribution >= 0.6 is 12.4 Å². The summed E-state index contributed by atoms with van der Waals surface area (Å²) in [5, 5.41) is 9.49. The van der Waals surface area contributed by atoms with E-state index in [0.29, 0.717) is 12.5 Å². The number of carbonyl (C=O) groups excluding carboxylic acids is 1. The van der Waals surface area contributed by atoms with Crippen molar-refractivity contribution in [1.29, 1.82) is 0 Å². The topological polar surface area (TPSA) is 49.8 Å². The summed E-state index contributed by atoms with van der Waals surface area (Å²) in [6, 6.07) is 10.2. The number of aliphatic hydroxyl groups is 1. The molecule has 2 atom stereocenters. The normalized spacial score (nSPS) is 13.5. The van der Waals surface area contributed by atoms with Gasteiger partial charge in [-0.05, 0) is 18.5 Å². The maximum Gasteiger partial charge on any atom is 0.304 e. The Morgan fingerprint density at radius 3 is 2.42 bits per heavy atom. The van der Waals surface area contributed by atoms with E-state index >= 15 is 0 Å². The van der Waals surface area contributed by atoms with Crippen molar-refractivity contribution < 1.29 is 14.6 Å². The Morgan fingerprint density at radius 2 is 1.89 bits per heavy atom. The molecule has 0 fully saturated rings. The summed E-state index contributed by atoms with van der Waals surface area (Å²) >= 11 is 0. The van der Waals surface area contributed by atoms with Gasteiger partial charge in [0.2, 0.25) is 6.29 Å². The van der Waals surface area contributed by atoms with E-state index in [4.69, 9.17) is 0 Å². The first-order chi connectivity index (χ1) is 8.49. The largest absolute Gasteiger partial charge is 0.435 e. The van der Waals surface area contributed by atoms with Gasteiger partial charge in [-0.3, -0.25) is 9.69 Å². The molecule has 0 aromatic heterocycles. The summed E-state index contributed by atoms with van der Waals surface area (Å²) < 4.78 is 4.68. The summed E-state index contributed by atoms with van der Waals surface area (Å²) in [6.45, 7) is 4.53. The van der Waals surface area contributed by atoms with Gasteiger partial charge in [0.05, 0.1) is 6.54 Å². The van der Waals surface area contributed by atoms with Crippen molar-refractivity contribution in [3.8, 4) is 0 Å². The van der Waals surface area contributed by atoms with Crippen molar-refractivity contribution >= 4 is 18.4 Å². The minimum atomic E-state index is -1.06. The van der Waals surface area contributed by atoms with Crippen LogP contribution in [0.4, 0.5) is 0 Å². The summed E-state index contributed by atoms with van der Waals surface area (Å²) in [4.78, 5) is 12.6. The second kappa shape index (κ2) is 8.91.